The van der Waals surface area contributed by atoms with Crippen LogP contribution in [0.15, 0.2) is 65.7 Å². The van der Waals surface area contributed by atoms with Gasteiger partial charge in [0.15, 0.2) is 0 Å². The van der Waals surface area contributed by atoms with E-state index in [4.69, 9.17) is 16.3 Å². The van der Waals surface area contributed by atoms with Crippen LogP contribution in [-0.4, -0.2) is 6.61 Å². The maximum atomic E-state index is 5.92. The van der Waals surface area contributed by atoms with Gasteiger partial charge in [-0.15, -0.1) is 0 Å². The lowest BCUT2D eigenvalue weighted by molar-refractivity contribution is 0.353. The average molecular weight is 285 g/mol. The highest BCUT2D eigenvalue weighted by Gasteiger charge is 2.22. The van der Waals surface area contributed by atoms with Crippen molar-refractivity contribution in [2.75, 3.05) is 6.61 Å². The Hall–Kier alpha value is -1.73. The zero-order chi connectivity index (χ0) is 13.8. The lowest BCUT2D eigenvalue weighted by Gasteiger charge is -2.16. The van der Waals surface area contributed by atoms with Crippen LogP contribution in [0.1, 0.15) is 23.5 Å². The van der Waals surface area contributed by atoms with Gasteiger partial charge in [-0.2, -0.15) is 0 Å². The Morgan fingerprint density at radius 3 is 2.60 bits per heavy atom. The second kappa shape index (κ2) is 6.15. The predicted molar refractivity (Wildman–Crippen MR) is 83.4 cm³/mol. The van der Waals surface area contributed by atoms with Gasteiger partial charge in [-0.3, -0.25) is 0 Å². The first kappa shape index (κ1) is 13.3. The minimum atomic E-state index is 0.418. The average Bonchev–Trinajstić information content (AvgIpc) is 2.68. The Morgan fingerprint density at radius 2 is 1.80 bits per heavy atom. The number of para-hydroxylation sites is 1. The number of halogens is 1. The van der Waals surface area contributed by atoms with E-state index in [1.807, 2.05) is 12.1 Å². The molecule has 2 aromatic rings. The lowest BCUT2D eigenvalue weighted by Crippen LogP contribution is -2.03. The largest absolute Gasteiger partial charge is 0.489 e. The van der Waals surface area contributed by atoms with Crippen molar-refractivity contribution in [3.8, 4) is 5.75 Å². The van der Waals surface area contributed by atoms with Gasteiger partial charge in [-0.25, -0.2) is 0 Å². The van der Waals surface area contributed by atoms with Gasteiger partial charge in [0.05, 0.1) is 0 Å². The van der Waals surface area contributed by atoms with E-state index in [0.29, 0.717) is 12.5 Å². The van der Waals surface area contributed by atoms with Crippen LogP contribution in [0.2, 0.25) is 0 Å². The van der Waals surface area contributed by atoms with E-state index in [9.17, 15) is 0 Å². The van der Waals surface area contributed by atoms with E-state index in [-0.39, 0.29) is 0 Å². The summed E-state index contributed by atoms with van der Waals surface area (Å²) < 4.78 is 5.87. The summed E-state index contributed by atoms with van der Waals surface area (Å²) >= 11 is 5.92. The molecule has 3 rings (SSSR count). The quantitative estimate of drug-likeness (QED) is 0.761. The Labute approximate surface area is 124 Å². The van der Waals surface area contributed by atoms with Crippen LogP contribution in [0.5, 0.6) is 5.75 Å². The van der Waals surface area contributed by atoms with E-state index < -0.39 is 0 Å². The van der Waals surface area contributed by atoms with Gasteiger partial charge >= 0.3 is 0 Å². The molecule has 2 aromatic carbocycles. The van der Waals surface area contributed by atoms with Crippen LogP contribution in [0.25, 0.3) is 0 Å². The molecule has 1 aliphatic heterocycles. The second-order valence-corrected chi connectivity index (χ2v) is 5.40. The Morgan fingerprint density at radius 1 is 1.05 bits per heavy atom. The zero-order valence-corrected chi connectivity index (χ0v) is 12.0. The summed E-state index contributed by atoms with van der Waals surface area (Å²) in [5.74, 6) is 1.41. The smallest absolute Gasteiger partial charge is 0.123 e. The van der Waals surface area contributed by atoms with Crippen LogP contribution in [-0.2, 0) is 6.42 Å². The first-order valence-electron chi connectivity index (χ1n) is 6.90. The van der Waals surface area contributed by atoms with Crippen LogP contribution >= 0.6 is 11.6 Å². The standard InChI is InChI=1S/C18H17ClO/c19-12-15-11-16(10-14-6-2-1-3-7-14)17-8-4-5-9-18(17)20-13-15/h1-9,12,16H,10-11,13H2. The summed E-state index contributed by atoms with van der Waals surface area (Å²) in [5.41, 5.74) is 5.46. The van der Waals surface area contributed by atoms with Gasteiger partial charge in [0.25, 0.3) is 0 Å². The SMILES string of the molecule is ClC=C1COc2ccccc2C(Cc2ccccc2)C1. The molecule has 102 valence electrons. The fourth-order valence-electron chi connectivity index (χ4n) is 2.76. The first-order valence-corrected chi connectivity index (χ1v) is 7.34. The molecule has 0 N–H and O–H groups in total. The van der Waals surface area contributed by atoms with Crippen molar-refractivity contribution in [3.63, 3.8) is 0 Å². The molecule has 0 saturated carbocycles. The summed E-state index contributed by atoms with van der Waals surface area (Å²) in [7, 11) is 0. The third-order valence-corrected chi connectivity index (χ3v) is 4.07. The molecular formula is C18H17ClO. The monoisotopic (exact) mass is 284 g/mol. The molecule has 0 radical (unpaired) electrons. The fourth-order valence-corrected chi connectivity index (χ4v) is 2.91. The van der Waals surface area contributed by atoms with Crippen molar-refractivity contribution in [2.45, 2.75) is 18.8 Å². The number of fused-ring (bicyclic) bond motifs is 1. The molecule has 20 heavy (non-hydrogen) atoms. The maximum absolute atomic E-state index is 5.92. The lowest BCUT2D eigenvalue weighted by atomic mass is 9.87. The predicted octanol–water partition coefficient (Wildman–Crippen LogP) is 4.92. The number of hydrogen-bond donors (Lipinski definition) is 0. The van der Waals surface area contributed by atoms with Crippen molar-refractivity contribution < 1.29 is 4.74 Å². The van der Waals surface area contributed by atoms with Crippen molar-refractivity contribution in [1.29, 1.82) is 0 Å². The van der Waals surface area contributed by atoms with Crippen molar-refractivity contribution in [1.82, 2.24) is 0 Å². The minimum absolute atomic E-state index is 0.418. The maximum Gasteiger partial charge on any atom is 0.123 e. The summed E-state index contributed by atoms with van der Waals surface area (Å²) in [4.78, 5) is 0. The summed E-state index contributed by atoms with van der Waals surface area (Å²) in [6.45, 7) is 0.589. The van der Waals surface area contributed by atoms with Crippen LogP contribution in [0, 0.1) is 0 Å². The highest BCUT2D eigenvalue weighted by molar-refractivity contribution is 6.25. The molecule has 1 heterocycles. The normalized spacial score (nSPS) is 20.1. The molecule has 2 heteroatoms. The molecule has 0 aromatic heterocycles. The Bertz CT molecular complexity index is 604. The number of hydrogen-bond acceptors (Lipinski definition) is 1. The van der Waals surface area contributed by atoms with Gasteiger partial charge in [-0.1, -0.05) is 60.1 Å². The van der Waals surface area contributed by atoms with Crippen LogP contribution < -0.4 is 4.74 Å². The molecule has 1 nitrogen and oxygen atoms in total. The minimum Gasteiger partial charge on any atom is -0.489 e. The van der Waals surface area contributed by atoms with Gasteiger partial charge < -0.3 is 4.74 Å². The molecular weight excluding hydrogens is 268 g/mol. The highest BCUT2D eigenvalue weighted by atomic mass is 35.5. The van der Waals surface area contributed by atoms with Crippen molar-refractivity contribution >= 4 is 11.6 Å². The number of benzene rings is 2. The third kappa shape index (κ3) is 2.88. The molecule has 0 aliphatic carbocycles. The van der Waals surface area contributed by atoms with E-state index in [2.05, 4.69) is 42.5 Å². The molecule has 0 spiro atoms. The van der Waals surface area contributed by atoms with E-state index in [1.165, 1.54) is 11.1 Å². The molecule has 0 saturated heterocycles. The van der Waals surface area contributed by atoms with Crippen molar-refractivity contribution in [2.24, 2.45) is 0 Å². The Kier molecular flexibility index (Phi) is 4.08. The topological polar surface area (TPSA) is 9.23 Å². The summed E-state index contributed by atoms with van der Waals surface area (Å²) in [6, 6.07) is 18.9. The third-order valence-electron chi connectivity index (χ3n) is 3.76. The Balaban J connectivity index is 1.93. The van der Waals surface area contributed by atoms with E-state index in [0.717, 1.165) is 24.2 Å². The van der Waals surface area contributed by atoms with Crippen molar-refractivity contribution in [3.05, 3.63) is 76.8 Å². The highest BCUT2D eigenvalue weighted by Crippen LogP contribution is 2.36. The second-order valence-electron chi connectivity index (χ2n) is 5.18. The molecule has 0 amide bonds. The summed E-state index contributed by atoms with van der Waals surface area (Å²) in [6.07, 6.45) is 1.96. The molecule has 1 atom stereocenters. The van der Waals surface area contributed by atoms with E-state index >= 15 is 0 Å². The first-order chi connectivity index (χ1) is 9.86. The fraction of sp³-hybridized carbons (Fsp3) is 0.222. The van der Waals surface area contributed by atoms with Crippen LogP contribution in [0.3, 0.4) is 0 Å². The molecule has 0 fully saturated rings. The van der Waals surface area contributed by atoms with Gasteiger partial charge in [-0.05, 0) is 41.5 Å². The van der Waals surface area contributed by atoms with Crippen LogP contribution in [0.4, 0.5) is 0 Å². The van der Waals surface area contributed by atoms with E-state index in [1.54, 1.807) is 5.54 Å². The number of rotatable bonds is 2. The van der Waals surface area contributed by atoms with Gasteiger partial charge in [0.1, 0.15) is 12.4 Å². The molecule has 1 unspecified atom stereocenters. The summed E-state index contributed by atoms with van der Waals surface area (Å²) in [5, 5.41) is 0. The molecule has 0 bridgehead atoms. The van der Waals surface area contributed by atoms with Gasteiger partial charge in [0, 0.05) is 5.54 Å². The number of ether oxygens (including phenoxy) is 1. The molecule has 1 aliphatic rings. The zero-order valence-electron chi connectivity index (χ0n) is 11.3. The van der Waals surface area contributed by atoms with Gasteiger partial charge in [0.2, 0.25) is 0 Å².